The number of nitrogens with zero attached hydrogens (tertiary/aromatic N) is 1. The van der Waals surface area contributed by atoms with Crippen molar-refractivity contribution in [3.8, 4) is 0 Å². The highest BCUT2D eigenvalue weighted by molar-refractivity contribution is 6.05. The molecule has 5 nitrogen and oxygen atoms in total. The first-order valence-electron chi connectivity index (χ1n) is 11.1. The number of aromatic amines is 1. The number of carbonyl (C=O) groups is 1. The molecule has 0 aliphatic heterocycles. The summed E-state index contributed by atoms with van der Waals surface area (Å²) in [6.45, 7) is 0.988. The van der Waals surface area contributed by atoms with Crippen LogP contribution in [-0.4, -0.2) is 29.4 Å². The van der Waals surface area contributed by atoms with Crippen LogP contribution in [0, 0.1) is 0 Å². The fraction of sp³-hybridized carbons (Fsp3) is 0.222. The summed E-state index contributed by atoms with van der Waals surface area (Å²) in [7, 11) is 2.20. The lowest BCUT2D eigenvalue weighted by atomic mass is 10.0. The SMILES string of the molecule is CN(CCc1c[nH]c2ccccc12)C1CCc2cc(C(=O)Nc3ccccc3N)ccc21. The molecule has 1 unspecified atom stereocenters. The Morgan fingerprint density at radius 3 is 2.81 bits per heavy atom. The maximum Gasteiger partial charge on any atom is 0.255 e. The monoisotopic (exact) mass is 424 g/mol. The molecule has 1 amide bonds. The lowest BCUT2D eigenvalue weighted by Crippen LogP contribution is -2.25. The molecule has 1 aromatic heterocycles. The van der Waals surface area contributed by atoms with Crippen LogP contribution in [0.2, 0.25) is 0 Å². The molecule has 162 valence electrons. The third-order valence-electron chi connectivity index (χ3n) is 6.60. The van der Waals surface area contributed by atoms with Gasteiger partial charge in [-0.2, -0.15) is 0 Å². The van der Waals surface area contributed by atoms with E-state index in [1.807, 2.05) is 30.3 Å². The van der Waals surface area contributed by atoms with Crippen molar-refractivity contribution < 1.29 is 4.79 Å². The quantitative estimate of drug-likeness (QED) is 0.374. The summed E-state index contributed by atoms with van der Waals surface area (Å²) in [6, 6.07) is 22.3. The standard InChI is InChI=1S/C27H28N4O/c1-31(15-14-20-17-29-24-8-4-2-6-21(20)24)26-13-11-18-16-19(10-12-22(18)26)27(32)30-25-9-5-3-7-23(25)28/h2-10,12,16-17,26,29H,11,13-15,28H2,1H3,(H,30,32). The zero-order chi connectivity index (χ0) is 22.1. The van der Waals surface area contributed by atoms with Gasteiger partial charge in [-0.1, -0.05) is 36.4 Å². The van der Waals surface area contributed by atoms with Crippen molar-refractivity contribution in [2.75, 3.05) is 24.6 Å². The van der Waals surface area contributed by atoms with Crippen LogP contribution in [-0.2, 0) is 12.8 Å². The third kappa shape index (κ3) is 3.87. The van der Waals surface area contributed by atoms with Gasteiger partial charge >= 0.3 is 0 Å². The number of H-pyrrole nitrogens is 1. The van der Waals surface area contributed by atoms with Crippen molar-refractivity contribution in [3.63, 3.8) is 0 Å². The van der Waals surface area contributed by atoms with Crippen LogP contribution in [0.3, 0.4) is 0 Å². The second-order valence-electron chi connectivity index (χ2n) is 8.60. The number of carbonyl (C=O) groups excluding carboxylic acids is 1. The first-order valence-corrected chi connectivity index (χ1v) is 11.1. The molecule has 4 N–H and O–H groups in total. The topological polar surface area (TPSA) is 74.2 Å². The van der Waals surface area contributed by atoms with E-state index in [9.17, 15) is 4.79 Å². The minimum absolute atomic E-state index is 0.123. The van der Waals surface area contributed by atoms with Gasteiger partial charge in [0, 0.05) is 35.2 Å². The Bertz CT molecular complexity index is 1280. The molecule has 4 aromatic rings. The van der Waals surface area contributed by atoms with Gasteiger partial charge in [-0.05, 0) is 73.3 Å². The van der Waals surface area contributed by atoms with Crippen LogP contribution in [0.25, 0.3) is 10.9 Å². The molecular weight excluding hydrogens is 396 g/mol. The first-order chi connectivity index (χ1) is 15.6. The van der Waals surface area contributed by atoms with Crippen molar-refractivity contribution in [1.82, 2.24) is 9.88 Å². The number of nitrogen functional groups attached to an aromatic ring is 1. The average Bonchev–Trinajstić information content (AvgIpc) is 3.42. The van der Waals surface area contributed by atoms with Crippen LogP contribution >= 0.6 is 0 Å². The summed E-state index contributed by atoms with van der Waals surface area (Å²) in [5, 5.41) is 4.23. The van der Waals surface area contributed by atoms with E-state index in [4.69, 9.17) is 5.73 Å². The van der Waals surface area contributed by atoms with Crippen molar-refractivity contribution >= 4 is 28.2 Å². The lowest BCUT2D eigenvalue weighted by Gasteiger charge is -2.25. The number of likely N-dealkylation sites (N-methyl/N-ethyl adjacent to an activating group) is 1. The highest BCUT2D eigenvalue weighted by atomic mass is 16.1. The summed E-state index contributed by atoms with van der Waals surface area (Å²) >= 11 is 0. The molecule has 3 aromatic carbocycles. The summed E-state index contributed by atoms with van der Waals surface area (Å²) < 4.78 is 0. The number of rotatable bonds is 6. The molecule has 1 aliphatic rings. The molecule has 0 saturated carbocycles. The fourth-order valence-electron chi connectivity index (χ4n) is 4.79. The molecule has 0 fully saturated rings. The predicted octanol–water partition coefficient (Wildman–Crippen LogP) is 5.16. The molecule has 5 rings (SSSR count). The van der Waals surface area contributed by atoms with E-state index in [1.54, 1.807) is 6.07 Å². The number of anilines is 2. The van der Waals surface area contributed by atoms with Gasteiger partial charge in [0.2, 0.25) is 0 Å². The third-order valence-corrected chi connectivity index (χ3v) is 6.60. The molecule has 32 heavy (non-hydrogen) atoms. The van der Waals surface area contributed by atoms with E-state index in [2.05, 4.69) is 58.8 Å². The van der Waals surface area contributed by atoms with Gasteiger partial charge in [0.25, 0.3) is 5.91 Å². The summed E-state index contributed by atoms with van der Waals surface area (Å²) in [5.74, 6) is -0.123. The van der Waals surface area contributed by atoms with E-state index in [0.29, 0.717) is 23.0 Å². The smallest absolute Gasteiger partial charge is 0.255 e. The Hall–Kier alpha value is -3.57. The van der Waals surface area contributed by atoms with Gasteiger partial charge in [0.1, 0.15) is 0 Å². The van der Waals surface area contributed by atoms with Crippen molar-refractivity contribution in [2.45, 2.75) is 25.3 Å². The molecule has 0 saturated heterocycles. The molecular formula is C27H28N4O. The van der Waals surface area contributed by atoms with Gasteiger partial charge in [0.15, 0.2) is 0 Å². The molecule has 1 heterocycles. The molecule has 0 radical (unpaired) electrons. The molecule has 1 aliphatic carbocycles. The number of nitrogens with one attached hydrogen (secondary N) is 2. The van der Waals surface area contributed by atoms with Gasteiger partial charge in [0.05, 0.1) is 11.4 Å². The predicted molar refractivity (Wildman–Crippen MR) is 131 cm³/mol. The van der Waals surface area contributed by atoms with Gasteiger partial charge in [-0.3, -0.25) is 9.69 Å². The number of hydrogen-bond donors (Lipinski definition) is 3. The number of benzene rings is 3. The average molecular weight is 425 g/mol. The van der Waals surface area contributed by atoms with Crippen LogP contribution in [0.4, 0.5) is 11.4 Å². The van der Waals surface area contributed by atoms with Crippen LogP contribution in [0.1, 0.15) is 39.5 Å². The van der Waals surface area contributed by atoms with Crippen molar-refractivity contribution in [2.24, 2.45) is 0 Å². The largest absolute Gasteiger partial charge is 0.397 e. The minimum atomic E-state index is -0.123. The number of para-hydroxylation sites is 3. The summed E-state index contributed by atoms with van der Waals surface area (Å²) in [6.07, 6.45) is 5.21. The normalized spacial score (nSPS) is 15.2. The fourth-order valence-corrected chi connectivity index (χ4v) is 4.79. The molecule has 1 atom stereocenters. The number of aromatic nitrogens is 1. The Balaban J connectivity index is 1.26. The van der Waals surface area contributed by atoms with E-state index in [1.165, 1.54) is 27.6 Å². The first kappa shape index (κ1) is 20.3. The number of aryl methyl sites for hydroxylation is 1. The summed E-state index contributed by atoms with van der Waals surface area (Å²) in [5.41, 5.74) is 13.0. The van der Waals surface area contributed by atoms with E-state index < -0.39 is 0 Å². The Labute approximate surface area is 188 Å². The zero-order valence-corrected chi connectivity index (χ0v) is 18.3. The number of nitrogens with two attached hydrogens (primary N) is 1. The van der Waals surface area contributed by atoms with E-state index in [-0.39, 0.29) is 5.91 Å². The lowest BCUT2D eigenvalue weighted by molar-refractivity contribution is 0.102. The molecule has 0 bridgehead atoms. The molecule has 0 spiro atoms. The van der Waals surface area contributed by atoms with Crippen LogP contribution in [0.15, 0.2) is 72.9 Å². The number of amides is 1. The Morgan fingerprint density at radius 1 is 1.12 bits per heavy atom. The number of fused-ring (bicyclic) bond motifs is 2. The highest BCUT2D eigenvalue weighted by Gasteiger charge is 2.26. The number of hydrogen-bond acceptors (Lipinski definition) is 3. The van der Waals surface area contributed by atoms with E-state index in [0.717, 1.165) is 25.8 Å². The maximum atomic E-state index is 12.7. The van der Waals surface area contributed by atoms with Crippen LogP contribution < -0.4 is 11.1 Å². The van der Waals surface area contributed by atoms with Crippen LogP contribution in [0.5, 0.6) is 0 Å². The highest BCUT2D eigenvalue weighted by Crippen LogP contribution is 2.36. The Morgan fingerprint density at radius 2 is 1.94 bits per heavy atom. The maximum absolute atomic E-state index is 12.7. The zero-order valence-electron chi connectivity index (χ0n) is 18.3. The van der Waals surface area contributed by atoms with E-state index >= 15 is 0 Å². The van der Waals surface area contributed by atoms with Crippen molar-refractivity contribution in [1.29, 1.82) is 0 Å². The Kier molecular flexibility index (Phi) is 5.41. The van der Waals surface area contributed by atoms with Crippen molar-refractivity contribution in [3.05, 3.63) is 95.2 Å². The van der Waals surface area contributed by atoms with Gasteiger partial charge < -0.3 is 16.0 Å². The second kappa shape index (κ2) is 8.52. The van der Waals surface area contributed by atoms with Gasteiger partial charge in [-0.25, -0.2) is 0 Å². The second-order valence-corrected chi connectivity index (χ2v) is 8.60. The minimum Gasteiger partial charge on any atom is -0.397 e. The summed E-state index contributed by atoms with van der Waals surface area (Å²) in [4.78, 5) is 18.6. The van der Waals surface area contributed by atoms with Gasteiger partial charge in [-0.15, -0.1) is 0 Å². The molecule has 5 heteroatoms.